The number of carbonyl (C=O) groups excluding carboxylic acids is 2. The van der Waals surface area contributed by atoms with Crippen molar-refractivity contribution in [3.63, 3.8) is 0 Å². The molecule has 4 nitrogen and oxygen atoms in total. The van der Waals surface area contributed by atoms with Gasteiger partial charge in [-0.2, -0.15) is 0 Å². The lowest BCUT2D eigenvalue weighted by Crippen LogP contribution is -2.36. The monoisotopic (exact) mass is 412 g/mol. The maximum absolute atomic E-state index is 12.8. The zero-order chi connectivity index (χ0) is 19.5. The number of carbonyl (C=O) groups is 2. The van der Waals surface area contributed by atoms with Gasteiger partial charge in [-0.1, -0.05) is 42.5 Å². The highest BCUT2D eigenvalue weighted by molar-refractivity contribution is 8.04. The van der Waals surface area contributed by atoms with E-state index in [0.717, 1.165) is 42.6 Å². The zero-order valence-electron chi connectivity index (χ0n) is 15.4. The van der Waals surface area contributed by atoms with Crippen molar-refractivity contribution in [1.82, 2.24) is 4.90 Å². The van der Waals surface area contributed by atoms with E-state index < -0.39 is 0 Å². The Morgan fingerprint density at radius 3 is 2.68 bits per heavy atom. The highest BCUT2D eigenvalue weighted by atomic mass is 35.5. The van der Waals surface area contributed by atoms with Crippen LogP contribution >= 0.6 is 23.4 Å². The van der Waals surface area contributed by atoms with Gasteiger partial charge < -0.3 is 4.90 Å². The summed E-state index contributed by atoms with van der Waals surface area (Å²) in [5, 5.41) is -0.248. The molecule has 144 valence electrons. The third-order valence-electron chi connectivity index (χ3n) is 5.06. The Bertz CT molecular complexity index is 912. The average Bonchev–Trinajstić information content (AvgIpc) is 2.73. The van der Waals surface area contributed by atoms with Crippen molar-refractivity contribution >= 4 is 46.5 Å². The van der Waals surface area contributed by atoms with E-state index in [-0.39, 0.29) is 22.9 Å². The van der Waals surface area contributed by atoms with Crippen molar-refractivity contribution in [1.29, 1.82) is 0 Å². The van der Waals surface area contributed by atoms with Crippen LogP contribution in [0.1, 0.15) is 24.8 Å². The average molecular weight is 413 g/mol. The fraction of sp³-hybridized carbons (Fsp3) is 0.318. The Kier molecular flexibility index (Phi) is 5.83. The second-order valence-electron chi connectivity index (χ2n) is 6.99. The third-order valence-corrected chi connectivity index (χ3v) is 6.39. The summed E-state index contributed by atoms with van der Waals surface area (Å²) < 4.78 is 0. The number of fused-ring (bicyclic) bond motifs is 1. The first-order valence-corrected chi connectivity index (χ1v) is 10.9. The molecule has 1 aromatic carbocycles. The van der Waals surface area contributed by atoms with Gasteiger partial charge in [0.05, 0.1) is 21.7 Å². The molecule has 0 saturated carbocycles. The van der Waals surface area contributed by atoms with Gasteiger partial charge in [0.15, 0.2) is 0 Å². The number of dihydropyridines is 1. The zero-order valence-corrected chi connectivity index (χ0v) is 17.0. The molecule has 0 N–H and O–H groups in total. The largest absolute Gasteiger partial charge is 0.342 e. The van der Waals surface area contributed by atoms with Crippen molar-refractivity contribution in [2.75, 3.05) is 18.8 Å². The Morgan fingerprint density at radius 1 is 1.18 bits per heavy atom. The minimum absolute atomic E-state index is 0.0833. The Morgan fingerprint density at radius 2 is 1.93 bits per heavy atom. The Balaban J connectivity index is 1.66. The van der Waals surface area contributed by atoms with Crippen molar-refractivity contribution in [3.8, 4) is 0 Å². The molecule has 3 aliphatic rings. The van der Waals surface area contributed by atoms with Crippen LogP contribution in [-0.2, 0) is 9.59 Å². The molecule has 28 heavy (non-hydrogen) atoms. The number of hydrogen-bond acceptors (Lipinski definition) is 3. The van der Waals surface area contributed by atoms with Gasteiger partial charge in [0.1, 0.15) is 0 Å². The summed E-state index contributed by atoms with van der Waals surface area (Å²) in [5.41, 5.74) is 3.25. The minimum atomic E-state index is -0.292. The fourth-order valence-corrected chi connectivity index (χ4v) is 4.86. The number of hydrogen-bond donors (Lipinski definition) is 0. The fourth-order valence-electron chi connectivity index (χ4n) is 3.67. The second-order valence-corrected chi connectivity index (χ2v) is 8.48. The molecule has 2 aliphatic heterocycles. The predicted molar refractivity (Wildman–Crippen MR) is 116 cm³/mol. The molecule has 0 radical (unpaired) electrons. The first-order chi connectivity index (χ1) is 13.6. The quantitative estimate of drug-likeness (QED) is 0.695. The Hall–Kier alpha value is -2.11. The predicted octanol–water partition coefficient (Wildman–Crippen LogP) is 4.23. The SMILES string of the molecule is O=C1N=C2C=CC(Cl)C=C2C(c2ccccc2)=C1SCC(=O)N1CCCCC1. The summed E-state index contributed by atoms with van der Waals surface area (Å²) in [6.45, 7) is 1.62. The van der Waals surface area contributed by atoms with Gasteiger partial charge in [-0.25, -0.2) is 4.99 Å². The van der Waals surface area contributed by atoms with E-state index in [2.05, 4.69) is 4.99 Å². The number of amides is 2. The highest BCUT2D eigenvalue weighted by Crippen LogP contribution is 2.39. The lowest BCUT2D eigenvalue weighted by Gasteiger charge is -2.27. The van der Waals surface area contributed by atoms with Crippen LogP contribution in [0.4, 0.5) is 0 Å². The van der Waals surface area contributed by atoms with Gasteiger partial charge in [-0.15, -0.1) is 23.4 Å². The van der Waals surface area contributed by atoms with Gasteiger partial charge in [0.2, 0.25) is 5.91 Å². The number of benzene rings is 1. The van der Waals surface area contributed by atoms with E-state index in [0.29, 0.717) is 10.6 Å². The van der Waals surface area contributed by atoms with E-state index >= 15 is 0 Å². The maximum Gasteiger partial charge on any atom is 0.284 e. The minimum Gasteiger partial charge on any atom is -0.342 e. The van der Waals surface area contributed by atoms with Crippen LogP contribution < -0.4 is 0 Å². The summed E-state index contributed by atoms with van der Waals surface area (Å²) >= 11 is 7.60. The molecule has 1 fully saturated rings. The van der Waals surface area contributed by atoms with Gasteiger partial charge in [0.25, 0.3) is 5.91 Å². The normalized spacial score (nSPS) is 22.0. The molecule has 4 rings (SSSR count). The number of piperidine rings is 1. The summed E-state index contributed by atoms with van der Waals surface area (Å²) in [6, 6.07) is 9.77. The van der Waals surface area contributed by atoms with E-state index in [4.69, 9.17) is 11.6 Å². The number of halogens is 1. The first-order valence-electron chi connectivity index (χ1n) is 9.51. The molecule has 2 heterocycles. The molecule has 0 bridgehead atoms. The van der Waals surface area contributed by atoms with Crippen LogP contribution in [0.3, 0.4) is 0 Å². The molecule has 1 saturated heterocycles. The summed E-state index contributed by atoms with van der Waals surface area (Å²) in [7, 11) is 0. The summed E-state index contributed by atoms with van der Waals surface area (Å²) in [5.74, 6) is 0.0374. The van der Waals surface area contributed by atoms with Gasteiger partial charge in [-0.05, 0) is 30.9 Å². The number of thioether (sulfide) groups is 1. The lowest BCUT2D eigenvalue weighted by atomic mass is 9.88. The maximum atomic E-state index is 12.8. The van der Waals surface area contributed by atoms with Crippen LogP contribution in [0.25, 0.3) is 5.57 Å². The van der Waals surface area contributed by atoms with Crippen molar-refractivity contribution < 1.29 is 9.59 Å². The smallest absolute Gasteiger partial charge is 0.284 e. The molecule has 0 spiro atoms. The number of rotatable bonds is 4. The number of allylic oxidation sites excluding steroid dienone is 5. The second kappa shape index (κ2) is 8.50. The summed E-state index contributed by atoms with van der Waals surface area (Å²) in [4.78, 5) is 32.1. The molecule has 6 heteroatoms. The standard InChI is InChI=1S/C22H21ClN2O2S/c23-16-9-10-18-17(13-16)20(15-7-3-1-4-8-15)21(22(27)24-18)28-14-19(26)25-11-5-2-6-12-25/h1,3-4,7-10,13,16H,2,5-6,11-12,14H2. The lowest BCUT2D eigenvalue weighted by molar-refractivity contribution is -0.129. The topological polar surface area (TPSA) is 49.7 Å². The van der Waals surface area contributed by atoms with E-state index in [1.807, 2.05) is 47.4 Å². The van der Waals surface area contributed by atoms with E-state index in [1.165, 1.54) is 18.2 Å². The van der Waals surface area contributed by atoms with Crippen LogP contribution in [0.5, 0.6) is 0 Å². The van der Waals surface area contributed by atoms with Crippen molar-refractivity contribution in [2.24, 2.45) is 4.99 Å². The van der Waals surface area contributed by atoms with Crippen LogP contribution in [0.15, 0.2) is 64.0 Å². The van der Waals surface area contributed by atoms with Crippen LogP contribution in [0.2, 0.25) is 0 Å². The van der Waals surface area contributed by atoms with Crippen molar-refractivity contribution in [2.45, 2.75) is 24.6 Å². The molecule has 1 unspecified atom stereocenters. The number of nitrogens with zero attached hydrogens (tertiary/aromatic N) is 2. The molecule has 0 aromatic heterocycles. The molecular weight excluding hydrogens is 392 g/mol. The van der Waals surface area contributed by atoms with Crippen LogP contribution in [-0.4, -0.2) is 46.6 Å². The third kappa shape index (κ3) is 4.01. The Labute approximate surface area is 174 Å². The molecular formula is C22H21ClN2O2S. The summed E-state index contributed by atoms with van der Waals surface area (Å²) in [6.07, 6.45) is 8.82. The van der Waals surface area contributed by atoms with Gasteiger partial charge in [0, 0.05) is 24.2 Å². The van der Waals surface area contributed by atoms with E-state index in [1.54, 1.807) is 6.08 Å². The first kappa shape index (κ1) is 19.2. The van der Waals surface area contributed by atoms with Crippen molar-refractivity contribution in [3.05, 3.63) is 64.6 Å². The molecule has 2 amide bonds. The number of alkyl halides is 1. The van der Waals surface area contributed by atoms with Crippen LogP contribution in [0, 0.1) is 0 Å². The molecule has 1 atom stereocenters. The van der Waals surface area contributed by atoms with Gasteiger partial charge >= 0.3 is 0 Å². The highest BCUT2D eigenvalue weighted by Gasteiger charge is 2.30. The van der Waals surface area contributed by atoms with Gasteiger partial charge in [-0.3, -0.25) is 9.59 Å². The van der Waals surface area contributed by atoms with E-state index in [9.17, 15) is 9.59 Å². The molecule has 1 aliphatic carbocycles. The number of aliphatic imine (C=N–C) groups is 1. The molecule has 1 aromatic rings. The number of likely N-dealkylation sites (tertiary alicyclic amines) is 1.